The van der Waals surface area contributed by atoms with E-state index < -0.39 is 5.60 Å². The van der Waals surface area contributed by atoms with Gasteiger partial charge in [0.15, 0.2) is 0 Å². The predicted octanol–water partition coefficient (Wildman–Crippen LogP) is 3.00. The maximum atomic E-state index is 9.87. The molecule has 1 aromatic rings. The van der Waals surface area contributed by atoms with Crippen LogP contribution in [0.25, 0.3) is 0 Å². The van der Waals surface area contributed by atoms with Crippen molar-refractivity contribution in [3.63, 3.8) is 0 Å². The number of hydrogen-bond donors (Lipinski definition) is 2. The molecule has 0 amide bonds. The summed E-state index contributed by atoms with van der Waals surface area (Å²) in [5.74, 6) is 0.719. The second kappa shape index (κ2) is 5.08. The Hall–Kier alpha value is -0.390. The zero-order valence-electron chi connectivity index (χ0n) is 9.58. The molecule has 1 fully saturated rings. The molecule has 0 unspecified atom stereocenters. The first-order valence-electron chi connectivity index (χ1n) is 5.63. The Labute approximate surface area is 114 Å². The van der Waals surface area contributed by atoms with Gasteiger partial charge in [0.25, 0.3) is 0 Å². The minimum Gasteiger partial charge on any atom is -0.390 e. The number of nitrogens with one attached hydrogen (secondary N) is 1. The van der Waals surface area contributed by atoms with Crippen molar-refractivity contribution < 1.29 is 5.11 Å². The Bertz CT molecular complexity index is 404. The molecular formula is C11H15BrClN3O. The van der Waals surface area contributed by atoms with E-state index in [9.17, 15) is 5.11 Å². The highest BCUT2D eigenvalue weighted by atomic mass is 79.9. The first kappa shape index (κ1) is 13.1. The molecule has 0 radical (unpaired) electrons. The van der Waals surface area contributed by atoms with Crippen molar-refractivity contribution in [3.05, 3.63) is 16.0 Å². The summed E-state index contributed by atoms with van der Waals surface area (Å²) >= 11 is 9.14. The van der Waals surface area contributed by atoms with Crippen molar-refractivity contribution in [1.29, 1.82) is 0 Å². The molecule has 1 aliphatic carbocycles. The molecule has 0 saturated heterocycles. The third-order valence-corrected chi connectivity index (χ3v) is 3.88. The fourth-order valence-electron chi connectivity index (χ4n) is 2.02. The van der Waals surface area contributed by atoms with Crippen molar-refractivity contribution >= 4 is 33.3 Å². The lowest BCUT2D eigenvalue weighted by Crippen LogP contribution is -2.36. The monoisotopic (exact) mass is 319 g/mol. The quantitative estimate of drug-likeness (QED) is 0.823. The van der Waals surface area contributed by atoms with E-state index in [1.165, 1.54) is 0 Å². The lowest BCUT2D eigenvalue weighted by molar-refractivity contribution is 0.0196. The smallest absolute Gasteiger partial charge is 0.224 e. The standard InChI is InChI=1S/C11H15BrClN3O/c1-11(17)4-2-7(3-5-11)15-9-8(12)6-14-10(13)16-9/h6-7,17H,2-5H2,1H3,(H,14,15,16)/t7-,11-. The van der Waals surface area contributed by atoms with Crippen molar-refractivity contribution in [1.82, 2.24) is 9.97 Å². The highest BCUT2D eigenvalue weighted by molar-refractivity contribution is 9.10. The normalized spacial score (nSPS) is 29.1. The molecule has 0 spiro atoms. The van der Waals surface area contributed by atoms with Gasteiger partial charge in [0.05, 0.1) is 10.1 Å². The van der Waals surface area contributed by atoms with Crippen LogP contribution in [0.3, 0.4) is 0 Å². The Kier molecular flexibility index (Phi) is 3.90. The molecule has 6 heteroatoms. The summed E-state index contributed by atoms with van der Waals surface area (Å²) in [6, 6.07) is 0.331. The van der Waals surface area contributed by atoms with E-state index in [0.717, 1.165) is 36.0 Å². The second-order valence-electron chi connectivity index (χ2n) is 4.75. The number of rotatable bonds is 2. The van der Waals surface area contributed by atoms with Crippen LogP contribution in [0.4, 0.5) is 5.82 Å². The first-order chi connectivity index (χ1) is 7.96. The summed E-state index contributed by atoms with van der Waals surface area (Å²) in [7, 11) is 0. The molecule has 1 aromatic heterocycles. The van der Waals surface area contributed by atoms with Gasteiger partial charge in [0, 0.05) is 12.2 Å². The van der Waals surface area contributed by atoms with E-state index in [4.69, 9.17) is 11.6 Å². The van der Waals surface area contributed by atoms with Crippen LogP contribution in [-0.4, -0.2) is 26.7 Å². The van der Waals surface area contributed by atoms with Crippen molar-refractivity contribution in [2.45, 2.75) is 44.2 Å². The Morgan fingerprint density at radius 3 is 2.82 bits per heavy atom. The minimum absolute atomic E-state index is 0.235. The van der Waals surface area contributed by atoms with Crippen LogP contribution >= 0.6 is 27.5 Å². The van der Waals surface area contributed by atoms with Gasteiger partial charge in [-0.05, 0) is 60.1 Å². The Morgan fingerprint density at radius 1 is 1.53 bits per heavy atom. The lowest BCUT2D eigenvalue weighted by Gasteiger charge is -2.33. The van der Waals surface area contributed by atoms with Crippen LogP contribution in [0.5, 0.6) is 0 Å². The number of nitrogens with zero attached hydrogens (tertiary/aromatic N) is 2. The SMILES string of the molecule is C[C@]1(O)CC[C@H](Nc2nc(Cl)ncc2Br)CC1. The van der Waals surface area contributed by atoms with Gasteiger partial charge in [-0.2, -0.15) is 4.98 Å². The Morgan fingerprint density at radius 2 is 2.18 bits per heavy atom. The van der Waals surface area contributed by atoms with Crippen LogP contribution in [0.1, 0.15) is 32.6 Å². The predicted molar refractivity (Wildman–Crippen MR) is 71.2 cm³/mol. The fraction of sp³-hybridized carbons (Fsp3) is 0.636. The van der Waals surface area contributed by atoms with Gasteiger partial charge in [0.2, 0.25) is 5.28 Å². The topological polar surface area (TPSA) is 58.0 Å². The highest BCUT2D eigenvalue weighted by Crippen LogP contribution is 2.30. The van der Waals surface area contributed by atoms with Gasteiger partial charge in [0.1, 0.15) is 5.82 Å². The molecule has 1 aliphatic rings. The molecule has 0 atom stereocenters. The van der Waals surface area contributed by atoms with Crippen LogP contribution in [0.15, 0.2) is 10.7 Å². The minimum atomic E-state index is -0.515. The molecule has 0 aromatic carbocycles. The van der Waals surface area contributed by atoms with E-state index in [-0.39, 0.29) is 5.28 Å². The van der Waals surface area contributed by atoms with Gasteiger partial charge in [-0.25, -0.2) is 4.98 Å². The summed E-state index contributed by atoms with van der Waals surface area (Å²) < 4.78 is 0.805. The third-order valence-electron chi connectivity index (χ3n) is 3.12. The molecule has 1 heterocycles. The number of hydrogen-bond acceptors (Lipinski definition) is 4. The Balaban J connectivity index is 2.00. The van der Waals surface area contributed by atoms with E-state index in [0.29, 0.717) is 6.04 Å². The largest absolute Gasteiger partial charge is 0.390 e. The average molecular weight is 321 g/mol. The summed E-state index contributed by atoms with van der Waals surface area (Å²) in [4.78, 5) is 8.02. The van der Waals surface area contributed by atoms with Crippen LogP contribution < -0.4 is 5.32 Å². The van der Waals surface area contributed by atoms with Crippen molar-refractivity contribution in [2.75, 3.05) is 5.32 Å². The van der Waals surface area contributed by atoms with Crippen LogP contribution in [-0.2, 0) is 0 Å². The highest BCUT2D eigenvalue weighted by Gasteiger charge is 2.28. The van der Waals surface area contributed by atoms with Crippen LogP contribution in [0.2, 0.25) is 5.28 Å². The van der Waals surface area contributed by atoms with Gasteiger partial charge in [-0.3, -0.25) is 0 Å². The summed E-state index contributed by atoms with van der Waals surface area (Å²) in [6.07, 6.45) is 5.11. The van der Waals surface area contributed by atoms with Gasteiger partial charge < -0.3 is 10.4 Å². The number of anilines is 1. The van der Waals surface area contributed by atoms with Crippen molar-refractivity contribution in [3.8, 4) is 0 Å². The van der Waals surface area contributed by atoms with Crippen molar-refractivity contribution in [2.24, 2.45) is 0 Å². The number of halogens is 2. The van der Waals surface area contributed by atoms with E-state index >= 15 is 0 Å². The number of aromatic nitrogens is 2. The van der Waals surface area contributed by atoms with Gasteiger partial charge >= 0.3 is 0 Å². The van der Waals surface area contributed by atoms with Crippen LogP contribution in [0, 0.1) is 0 Å². The fourth-order valence-corrected chi connectivity index (χ4v) is 2.46. The third kappa shape index (κ3) is 3.53. The molecular weight excluding hydrogens is 305 g/mol. The zero-order valence-corrected chi connectivity index (χ0v) is 11.9. The summed E-state index contributed by atoms with van der Waals surface area (Å²) in [5, 5.41) is 13.4. The molecule has 4 nitrogen and oxygen atoms in total. The van der Waals surface area contributed by atoms with E-state index in [2.05, 4.69) is 31.2 Å². The zero-order chi connectivity index (χ0) is 12.5. The molecule has 1 saturated carbocycles. The molecule has 0 bridgehead atoms. The van der Waals surface area contributed by atoms with Gasteiger partial charge in [-0.15, -0.1) is 0 Å². The molecule has 2 N–H and O–H groups in total. The summed E-state index contributed by atoms with van der Waals surface area (Å²) in [5.41, 5.74) is -0.515. The molecule has 0 aliphatic heterocycles. The number of aliphatic hydroxyl groups is 1. The maximum Gasteiger partial charge on any atom is 0.224 e. The molecule has 17 heavy (non-hydrogen) atoms. The first-order valence-corrected chi connectivity index (χ1v) is 6.80. The molecule has 2 rings (SSSR count). The van der Waals surface area contributed by atoms with E-state index in [1.807, 2.05) is 6.92 Å². The maximum absolute atomic E-state index is 9.87. The van der Waals surface area contributed by atoms with Gasteiger partial charge in [-0.1, -0.05) is 0 Å². The average Bonchev–Trinajstić information content (AvgIpc) is 2.26. The molecule has 94 valence electrons. The van der Waals surface area contributed by atoms with E-state index in [1.54, 1.807) is 6.20 Å². The second-order valence-corrected chi connectivity index (χ2v) is 5.94. The lowest BCUT2D eigenvalue weighted by atomic mass is 9.84. The summed E-state index contributed by atoms with van der Waals surface area (Å²) in [6.45, 7) is 1.89.